The van der Waals surface area contributed by atoms with Crippen LogP contribution in [0.5, 0.6) is 0 Å². The molecule has 1 N–H and O–H groups in total. The van der Waals surface area contributed by atoms with Crippen molar-refractivity contribution in [2.24, 2.45) is 7.05 Å². The van der Waals surface area contributed by atoms with E-state index in [1.807, 2.05) is 11.6 Å². The number of aryl methyl sites for hydroxylation is 1. The Balaban J connectivity index is 1.99. The first-order valence-corrected chi connectivity index (χ1v) is 5.18. The maximum Gasteiger partial charge on any atom is 0.330 e. The topological polar surface area (TPSA) is 84.3 Å². The van der Waals surface area contributed by atoms with Crippen LogP contribution in [-0.2, 0) is 23.1 Å². The molecular weight excluding hydrogens is 224 g/mol. The molecule has 7 heteroatoms. The standard InChI is InChI=1S/C10H12N4O3/c1-13-5-3-11-7(13)2-4-14-9(16)6-8(15)12-10(14)17/h3,5H,2,4,6H2,1H3,(H,12,15,17). The number of amides is 4. The van der Waals surface area contributed by atoms with Crippen LogP contribution in [0.4, 0.5) is 4.79 Å². The fourth-order valence-electron chi connectivity index (χ4n) is 1.65. The lowest BCUT2D eigenvalue weighted by molar-refractivity contribution is -0.136. The fraction of sp³-hybridized carbons (Fsp3) is 0.400. The molecule has 0 radical (unpaired) electrons. The molecule has 2 rings (SSSR count). The minimum absolute atomic E-state index is 0.225. The molecule has 1 aliphatic heterocycles. The molecule has 2 heterocycles. The number of carbonyl (C=O) groups excluding carboxylic acids is 3. The third-order valence-electron chi connectivity index (χ3n) is 2.58. The summed E-state index contributed by atoms with van der Waals surface area (Å²) in [5.41, 5.74) is 0. The zero-order valence-electron chi connectivity index (χ0n) is 9.34. The molecule has 0 saturated carbocycles. The van der Waals surface area contributed by atoms with E-state index in [1.165, 1.54) is 0 Å². The first kappa shape index (κ1) is 11.3. The Morgan fingerprint density at radius 3 is 2.76 bits per heavy atom. The summed E-state index contributed by atoms with van der Waals surface area (Å²) in [6.45, 7) is 0.225. The molecular formula is C10H12N4O3. The number of hydrogen-bond donors (Lipinski definition) is 1. The smallest absolute Gasteiger partial charge is 0.330 e. The average Bonchev–Trinajstić information content (AvgIpc) is 2.62. The second-order valence-electron chi connectivity index (χ2n) is 3.78. The van der Waals surface area contributed by atoms with Gasteiger partial charge in [0.05, 0.1) is 0 Å². The summed E-state index contributed by atoms with van der Waals surface area (Å²) in [5.74, 6) is -0.233. The number of nitrogens with one attached hydrogen (secondary N) is 1. The lowest BCUT2D eigenvalue weighted by Gasteiger charge is -2.24. The first-order chi connectivity index (χ1) is 8.08. The van der Waals surface area contributed by atoms with Crippen molar-refractivity contribution in [3.63, 3.8) is 0 Å². The van der Waals surface area contributed by atoms with Gasteiger partial charge in [0.1, 0.15) is 12.2 Å². The summed E-state index contributed by atoms with van der Waals surface area (Å²) in [7, 11) is 1.84. The minimum atomic E-state index is -0.652. The van der Waals surface area contributed by atoms with Crippen LogP contribution in [0.1, 0.15) is 12.2 Å². The van der Waals surface area contributed by atoms with E-state index in [0.29, 0.717) is 6.42 Å². The highest BCUT2D eigenvalue weighted by atomic mass is 16.2. The minimum Gasteiger partial charge on any atom is -0.338 e. The quantitative estimate of drug-likeness (QED) is 0.712. The van der Waals surface area contributed by atoms with Crippen molar-refractivity contribution in [3.05, 3.63) is 18.2 Å². The maximum absolute atomic E-state index is 11.5. The van der Waals surface area contributed by atoms with Crippen LogP contribution in [0.15, 0.2) is 12.4 Å². The number of hydrogen-bond acceptors (Lipinski definition) is 4. The largest absolute Gasteiger partial charge is 0.338 e. The zero-order chi connectivity index (χ0) is 12.4. The monoisotopic (exact) mass is 236 g/mol. The Labute approximate surface area is 97.4 Å². The van der Waals surface area contributed by atoms with Crippen molar-refractivity contribution < 1.29 is 14.4 Å². The van der Waals surface area contributed by atoms with Crippen LogP contribution in [0.2, 0.25) is 0 Å². The predicted octanol–water partition coefficient (Wildman–Crippen LogP) is -0.569. The van der Waals surface area contributed by atoms with Gasteiger partial charge in [0, 0.05) is 32.4 Å². The molecule has 1 aromatic heterocycles. The zero-order valence-corrected chi connectivity index (χ0v) is 9.34. The van der Waals surface area contributed by atoms with Crippen molar-refractivity contribution in [3.8, 4) is 0 Å². The fourth-order valence-corrected chi connectivity index (χ4v) is 1.65. The number of aromatic nitrogens is 2. The Morgan fingerprint density at radius 1 is 1.41 bits per heavy atom. The van der Waals surface area contributed by atoms with Crippen LogP contribution in [-0.4, -0.2) is 38.8 Å². The van der Waals surface area contributed by atoms with Crippen LogP contribution in [0.25, 0.3) is 0 Å². The van der Waals surface area contributed by atoms with Crippen molar-refractivity contribution in [2.75, 3.05) is 6.54 Å². The number of urea groups is 1. The molecule has 0 aliphatic carbocycles. The van der Waals surface area contributed by atoms with Crippen molar-refractivity contribution >= 4 is 17.8 Å². The van der Waals surface area contributed by atoms with Crippen molar-refractivity contribution in [2.45, 2.75) is 12.8 Å². The van der Waals surface area contributed by atoms with Gasteiger partial charge in [0.2, 0.25) is 11.8 Å². The first-order valence-electron chi connectivity index (χ1n) is 5.18. The van der Waals surface area contributed by atoms with Crippen molar-refractivity contribution in [1.29, 1.82) is 0 Å². The van der Waals surface area contributed by atoms with E-state index in [-0.39, 0.29) is 13.0 Å². The van der Waals surface area contributed by atoms with Gasteiger partial charge in [-0.05, 0) is 0 Å². The lowest BCUT2D eigenvalue weighted by atomic mass is 10.2. The van der Waals surface area contributed by atoms with E-state index >= 15 is 0 Å². The molecule has 4 amide bonds. The number of barbiturate groups is 1. The van der Waals surface area contributed by atoms with Crippen molar-refractivity contribution in [1.82, 2.24) is 19.8 Å². The van der Waals surface area contributed by atoms with Gasteiger partial charge in [-0.2, -0.15) is 0 Å². The van der Waals surface area contributed by atoms with E-state index in [4.69, 9.17) is 0 Å². The summed E-state index contributed by atoms with van der Waals surface area (Å²) in [6.07, 6.45) is 3.64. The Morgan fingerprint density at radius 2 is 2.18 bits per heavy atom. The molecule has 1 fully saturated rings. The van der Waals surface area contributed by atoms with Gasteiger partial charge in [-0.25, -0.2) is 9.78 Å². The molecule has 17 heavy (non-hydrogen) atoms. The normalized spacial score (nSPS) is 16.3. The van der Waals surface area contributed by atoms with Gasteiger partial charge in [0.25, 0.3) is 0 Å². The third-order valence-corrected chi connectivity index (χ3v) is 2.58. The Bertz CT molecular complexity index is 460. The van der Waals surface area contributed by atoms with E-state index in [2.05, 4.69) is 10.3 Å². The molecule has 0 bridgehead atoms. The Hall–Kier alpha value is -2.18. The molecule has 90 valence electrons. The molecule has 0 spiro atoms. The van der Waals surface area contributed by atoms with E-state index in [1.54, 1.807) is 12.4 Å². The van der Waals surface area contributed by atoms with Gasteiger partial charge >= 0.3 is 6.03 Å². The second-order valence-corrected chi connectivity index (χ2v) is 3.78. The summed E-state index contributed by atoms with van der Waals surface area (Å²) in [6, 6.07) is -0.652. The van der Waals surface area contributed by atoms with Gasteiger partial charge in [-0.15, -0.1) is 0 Å². The van der Waals surface area contributed by atoms with Gasteiger partial charge in [-0.1, -0.05) is 0 Å². The third kappa shape index (κ3) is 2.32. The number of nitrogens with zero attached hydrogens (tertiary/aromatic N) is 3. The van der Waals surface area contributed by atoms with E-state index in [0.717, 1.165) is 10.7 Å². The molecule has 1 aromatic rings. The molecule has 0 atom stereocenters. The highest BCUT2D eigenvalue weighted by Crippen LogP contribution is 2.05. The number of carbonyl (C=O) groups is 3. The van der Waals surface area contributed by atoms with Gasteiger partial charge in [0.15, 0.2) is 0 Å². The van der Waals surface area contributed by atoms with Gasteiger partial charge < -0.3 is 4.57 Å². The second kappa shape index (κ2) is 4.36. The van der Waals surface area contributed by atoms with Crippen LogP contribution in [0, 0.1) is 0 Å². The summed E-state index contributed by atoms with van der Waals surface area (Å²) < 4.78 is 1.82. The average molecular weight is 236 g/mol. The summed E-state index contributed by atoms with van der Waals surface area (Å²) in [4.78, 5) is 38.9. The summed E-state index contributed by atoms with van der Waals surface area (Å²) in [5, 5.41) is 2.10. The molecule has 1 saturated heterocycles. The molecule has 0 unspecified atom stereocenters. The van der Waals surface area contributed by atoms with Crippen LogP contribution < -0.4 is 5.32 Å². The van der Waals surface area contributed by atoms with Gasteiger partial charge in [-0.3, -0.25) is 19.8 Å². The Kier molecular flexibility index (Phi) is 2.90. The number of imide groups is 2. The summed E-state index contributed by atoms with van der Waals surface area (Å²) >= 11 is 0. The lowest BCUT2D eigenvalue weighted by Crippen LogP contribution is -2.53. The van der Waals surface area contributed by atoms with E-state index in [9.17, 15) is 14.4 Å². The number of rotatable bonds is 3. The maximum atomic E-state index is 11.5. The SMILES string of the molecule is Cn1ccnc1CCN1C(=O)CC(=O)NC1=O. The van der Waals surface area contributed by atoms with Crippen LogP contribution in [0.3, 0.4) is 0 Å². The highest BCUT2D eigenvalue weighted by Gasteiger charge is 2.30. The highest BCUT2D eigenvalue weighted by molar-refractivity contribution is 6.14. The molecule has 1 aliphatic rings. The molecule has 7 nitrogen and oxygen atoms in total. The van der Waals surface area contributed by atoms with Crippen LogP contribution >= 0.6 is 0 Å². The predicted molar refractivity (Wildman–Crippen MR) is 56.8 cm³/mol. The van der Waals surface area contributed by atoms with E-state index < -0.39 is 17.8 Å². The number of imidazole rings is 1. The molecule has 0 aromatic carbocycles.